The molecule has 2 aliphatic rings. The Morgan fingerprint density at radius 1 is 1.08 bits per heavy atom. The largest absolute Gasteiger partial charge is 0.486 e. The molecule has 4 rings (SSSR count). The van der Waals surface area contributed by atoms with Crippen LogP contribution in [0.4, 0.5) is 11.4 Å². The van der Waals surface area contributed by atoms with Gasteiger partial charge in [0.05, 0.1) is 4.92 Å². The van der Waals surface area contributed by atoms with E-state index in [0.29, 0.717) is 30.4 Å². The first-order valence-corrected chi connectivity index (χ1v) is 7.59. The molecule has 0 saturated carbocycles. The quantitative estimate of drug-likeness (QED) is 0.677. The van der Waals surface area contributed by atoms with Crippen molar-refractivity contribution in [2.75, 3.05) is 18.5 Å². The number of anilines is 1. The van der Waals surface area contributed by atoms with Gasteiger partial charge < -0.3 is 14.8 Å². The second kappa shape index (κ2) is 5.52. The Hall–Kier alpha value is -3.09. The number of nitrogens with one attached hydrogen (secondary N) is 1. The predicted octanol–water partition coefficient (Wildman–Crippen LogP) is 2.84. The van der Waals surface area contributed by atoms with Crippen molar-refractivity contribution in [2.45, 2.75) is 12.3 Å². The molecule has 2 heterocycles. The number of fused-ring (bicyclic) bond motifs is 2. The van der Waals surface area contributed by atoms with Crippen molar-refractivity contribution in [2.24, 2.45) is 0 Å². The fourth-order valence-corrected chi connectivity index (χ4v) is 3.12. The molecule has 1 amide bonds. The van der Waals surface area contributed by atoms with E-state index >= 15 is 0 Å². The first-order chi connectivity index (χ1) is 11.6. The number of hydrogen-bond donors (Lipinski definition) is 1. The summed E-state index contributed by atoms with van der Waals surface area (Å²) in [5.41, 5.74) is 2.50. The molecular formula is C17H14N2O5. The van der Waals surface area contributed by atoms with Crippen molar-refractivity contribution in [1.29, 1.82) is 0 Å². The molecule has 0 bridgehead atoms. The smallest absolute Gasteiger partial charge is 0.269 e. The fourth-order valence-electron chi connectivity index (χ4n) is 3.12. The maximum Gasteiger partial charge on any atom is 0.269 e. The lowest BCUT2D eigenvalue weighted by atomic mass is 9.84. The van der Waals surface area contributed by atoms with Gasteiger partial charge in [0.2, 0.25) is 5.91 Å². The van der Waals surface area contributed by atoms with Gasteiger partial charge in [0.25, 0.3) is 5.69 Å². The summed E-state index contributed by atoms with van der Waals surface area (Å²) in [5.74, 6) is 1.00. The molecule has 7 nitrogen and oxygen atoms in total. The average molecular weight is 326 g/mol. The van der Waals surface area contributed by atoms with E-state index < -0.39 is 4.92 Å². The zero-order valence-electron chi connectivity index (χ0n) is 12.7. The molecule has 2 aromatic rings. The number of hydrogen-bond acceptors (Lipinski definition) is 5. The van der Waals surface area contributed by atoms with E-state index in [-0.39, 0.29) is 23.9 Å². The van der Waals surface area contributed by atoms with Crippen LogP contribution in [-0.2, 0) is 4.79 Å². The number of nitro benzene ring substituents is 1. The summed E-state index contributed by atoms with van der Waals surface area (Å²) in [6.07, 6.45) is 0.282. The van der Waals surface area contributed by atoms with Crippen LogP contribution in [0.25, 0.3) is 0 Å². The number of carbonyl (C=O) groups excluding carboxylic acids is 1. The number of ether oxygens (including phenoxy) is 2. The van der Waals surface area contributed by atoms with Crippen molar-refractivity contribution in [1.82, 2.24) is 0 Å². The third kappa shape index (κ3) is 2.44. The molecule has 1 atom stereocenters. The Bertz CT molecular complexity index is 832. The molecular weight excluding hydrogens is 312 g/mol. The molecule has 0 unspecified atom stereocenters. The van der Waals surface area contributed by atoms with E-state index in [1.54, 1.807) is 18.2 Å². The van der Waals surface area contributed by atoms with E-state index in [9.17, 15) is 14.9 Å². The van der Waals surface area contributed by atoms with Gasteiger partial charge in [-0.3, -0.25) is 14.9 Å². The number of nitro groups is 1. The summed E-state index contributed by atoms with van der Waals surface area (Å²) in [6.45, 7) is 0.964. The van der Waals surface area contributed by atoms with Gasteiger partial charge in [-0.05, 0) is 17.2 Å². The van der Waals surface area contributed by atoms with Crippen molar-refractivity contribution < 1.29 is 19.2 Å². The number of amides is 1. The average Bonchev–Trinajstić information content (AvgIpc) is 2.59. The Labute approximate surface area is 137 Å². The molecule has 0 spiro atoms. The van der Waals surface area contributed by atoms with Crippen LogP contribution in [0.2, 0.25) is 0 Å². The molecule has 2 aliphatic heterocycles. The Morgan fingerprint density at radius 2 is 1.75 bits per heavy atom. The summed E-state index contributed by atoms with van der Waals surface area (Å²) in [7, 11) is 0. The summed E-state index contributed by atoms with van der Waals surface area (Å²) < 4.78 is 11.2. The summed E-state index contributed by atoms with van der Waals surface area (Å²) in [4.78, 5) is 22.4. The van der Waals surface area contributed by atoms with Gasteiger partial charge in [0.1, 0.15) is 13.2 Å². The van der Waals surface area contributed by atoms with Crippen LogP contribution >= 0.6 is 0 Å². The lowest BCUT2D eigenvalue weighted by Crippen LogP contribution is -2.24. The number of carbonyl (C=O) groups is 1. The molecule has 0 saturated heterocycles. The first kappa shape index (κ1) is 14.5. The standard InChI is InChI=1S/C17H14N2O5/c20-17-8-12(10-1-3-11(4-2-10)19(21)22)13-7-15-16(9-14(13)18-17)24-6-5-23-15/h1-4,7,9,12H,5-6,8H2,(H,18,20)/t12-/m0/s1. The molecule has 0 fully saturated rings. The molecule has 0 aromatic heterocycles. The first-order valence-electron chi connectivity index (χ1n) is 7.59. The Kier molecular flexibility index (Phi) is 3.34. The highest BCUT2D eigenvalue weighted by Crippen LogP contribution is 2.44. The number of benzene rings is 2. The van der Waals surface area contributed by atoms with Gasteiger partial charge in [-0.25, -0.2) is 0 Å². The molecule has 1 N–H and O–H groups in total. The van der Waals surface area contributed by atoms with Crippen LogP contribution in [-0.4, -0.2) is 24.0 Å². The number of non-ortho nitro benzene ring substituents is 1. The topological polar surface area (TPSA) is 90.7 Å². The molecule has 7 heteroatoms. The second-order valence-corrected chi connectivity index (χ2v) is 5.74. The number of nitrogens with zero attached hydrogens (tertiary/aromatic N) is 1. The Balaban J connectivity index is 1.77. The minimum atomic E-state index is -0.438. The molecule has 0 aliphatic carbocycles. The van der Waals surface area contributed by atoms with Crippen LogP contribution in [0.3, 0.4) is 0 Å². The third-order valence-corrected chi connectivity index (χ3v) is 4.26. The van der Waals surface area contributed by atoms with Crippen LogP contribution < -0.4 is 14.8 Å². The normalized spacial score (nSPS) is 18.5. The van der Waals surface area contributed by atoms with Gasteiger partial charge in [0.15, 0.2) is 11.5 Å². The van der Waals surface area contributed by atoms with Gasteiger partial charge >= 0.3 is 0 Å². The minimum Gasteiger partial charge on any atom is -0.486 e. The zero-order valence-corrected chi connectivity index (χ0v) is 12.7. The Morgan fingerprint density at radius 3 is 2.42 bits per heavy atom. The van der Waals surface area contributed by atoms with Gasteiger partial charge in [-0.1, -0.05) is 12.1 Å². The molecule has 24 heavy (non-hydrogen) atoms. The lowest BCUT2D eigenvalue weighted by molar-refractivity contribution is -0.384. The van der Waals surface area contributed by atoms with Crippen molar-refractivity contribution in [3.63, 3.8) is 0 Å². The van der Waals surface area contributed by atoms with Crippen molar-refractivity contribution >= 4 is 17.3 Å². The molecule has 122 valence electrons. The van der Waals surface area contributed by atoms with Crippen LogP contribution in [0.1, 0.15) is 23.5 Å². The predicted molar refractivity (Wildman–Crippen MR) is 85.6 cm³/mol. The lowest BCUT2D eigenvalue weighted by Gasteiger charge is -2.28. The minimum absolute atomic E-state index is 0.0291. The maximum absolute atomic E-state index is 12.1. The second-order valence-electron chi connectivity index (χ2n) is 5.74. The van der Waals surface area contributed by atoms with E-state index in [2.05, 4.69) is 5.32 Å². The SMILES string of the molecule is O=C1C[C@@H](c2ccc([N+](=O)[O-])cc2)c2cc3c(cc2N1)OCCO3. The van der Waals surface area contributed by atoms with Gasteiger partial charge in [0, 0.05) is 36.2 Å². The zero-order chi connectivity index (χ0) is 16.7. The highest BCUT2D eigenvalue weighted by atomic mass is 16.6. The van der Waals surface area contributed by atoms with Crippen LogP contribution in [0, 0.1) is 10.1 Å². The highest BCUT2D eigenvalue weighted by molar-refractivity contribution is 5.96. The van der Waals surface area contributed by atoms with Crippen LogP contribution in [0.15, 0.2) is 36.4 Å². The van der Waals surface area contributed by atoms with E-state index in [0.717, 1.165) is 11.1 Å². The van der Waals surface area contributed by atoms with Gasteiger partial charge in [-0.15, -0.1) is 0 Å². The van der Waals surface area contributed by atoms with E-state index in [1.165, 1.54) is 12.1 Å². The highest BCUT2D eigenvalue weighted by Gasteiger charge is 2.29. The van der Waals surface area contributed by atoms with Crippen molar-refractivity contribution in [3.05, 3.63) is 57.6 Å². The van der Waals surface area contributed by atoms with Crippen molar-refractivity contribution in [3.8, 4) is 11.5 Å². The molecule has 2 aromatic carbocycles. The summed E-state index contributed by atoms with van der Waals surface area (Å²) >= 11 is 0. The number of rotatable bonds is 2. The molecule has 0 radical (unpaired) electrons. The third-order valence-electron chi connectivity index (χ3n) is 4.26. The van der Waals surface area contributed by atoms with E-state index in [1.807, 2.05) is 6.07 Å². The van der Waals surface area contributed by atoms with Gasteiger partial charge in [-0.2, -0.15) is 0 Å². The summed E-state index contributed by atoms with van der Waals surface area (Å²) in [6, 6.07) is 9.97. The fraction of sp³-hybridized carbons (Fsp3) is 0.235. The van der Waals surface area contributed by atoms with Crippen LogP contribution in [0.5, 0.6) is 11.5 Å². The summed E-state index contributed by atoms with van der Waals surface area (Å²) in [5, 5.41) is 13.7. The monoisotopic (exact) mass is 326 g/mol. The van der Waals surface area contributed by atoms with E-state index in [4.69, 9.17) is 9.47 Å². The maximum atomic E-state index is 12.1.